The summed E-state index contributed by atoms with van der Waals surface area (Å²) in [5.74, 6) is -0.962. The minimum absolute atomic E-state index is 0.193. The van der Waals surface area contributed by atoms with Crippen LogP contribution in [0.3, 0.4) is 0 Å². The minimum Gasteiger partial charge on any atom is -0.464 e. The van der Waals surface area contributed by atoms with E-state index < -0.39 is 23.9 Å². The molecule has 22 heavy (non-hydrogen) atoms. The van der Waals surface area contributed by atoms with Crippen molar-refractivity contribution < 1.29 is 23.5 Å². The molecule has 0 fully saturated rings. The van der Waals surface area contributed by atoms with Gasteiger partial charge in [0.25, 0.3) is 0 Å². The van der Waals surface area contributed by atoms with Gasteiger partial charge in [-0.3, -0.25) is 0 Å². The summed E-state index contributed by atoms with van der Waals surface area (Å²) in [6.07, 6.45) is -0.760. The number of rotatable bonds is 6. The summed E-state index contributed by atoms with van der Waals surface area (Å²) in [6.45, 7) is 3.40. The topological polar surface area (TPSA) is 89.0 Å². The van der Waals surface area contributed by atoms with Crippen molar-refractivity contribution in [2.45, 2.75) is 19.9 Å². The van der Waals surface area contributed by atoms with Crippen molar-refractivity contribution in [3.05, 3.63) is 30.1 Å². The average Bonchev–Trinajstić information content (AvgIpc) is 2.51. The van der Waals surface area contributed by atoms with Gasteiger partial charge >= 0.3 is 12.1 Å². The molecule has 1 aromatic carbocycles. The fourth-order valence-electron chi connectivity index (χ4n) is 1.52. The predicted molar refractivity (Wildman–Crippen MR) is 79.1 cm³/mol. The number of hydrogen-bond acceptors (Lipinski definition) is 6. The van der Waals surface area contributed by atoms with Gasteiger partial charge in [-0.05, 0) is 38.1 Å². The highest BCUT2D eigenvalue weighted by atomic mass is 19.1. The Labute approximate surface area is 127 Å². The molecule has 1 amide bonds. The fourth-order valence-corrected chi connectivity index (χ4v) is 1.52. The Morgan fingerprint density at radius 3 is 2.50 bits per heavy atom. The molecule has 1 atom stereocenters. The van der Waals surface area contributed by atoms with Crippen molar-refractivity contribution in [1.29, 1.82) is 0 Å². The molecule has 0 saturated heterocycles. The van der Waals surface area contributed by atoms with Gasteiger partial charge in [-0.25, -0.2) is 19.4 Å². The van der Waals surface area contributed by atoms with Crippen LogP contribution in [0.4, 0.5) is 14.9 Å². The third kappa shape index (κ3) is 5.39. The van der Waals surface area contributed by atoms with Crippen molar-refractivity contribution >= 4 is 23.5 Å². The van der Waals surface area contributed by atoms with Gasteiger partial charge < -0.3 is 14.8 Å². The Balaban J connectivity index is 2.89. The van der Waals surface area contributed by atoms with Crippen LogP contribution in [0.2, 0.25) is 0 Å². The van der Waals surface area contributed by atoms with Crippen LogP contribution in [-0.4, -0.2) is 37.5 Å². The molecule has 1 unspecified atom stereocenters. The molecule has 7 nitrogen and oxygen atoms in total. The second-order valence-electron chi connectivity index (χ2n) is 4.19. The maximum atomic E-state index is 12.9. The van der Waals surface area contributed by atoms with Gasteiger partial charge in [0.1, 0.15) is 5.82 Å². The van der Waals surface area contributed by atoms with Gasteiger partial charge in [0, 0.05) is 5.69 Å². The molecule has 0 bridgehead atoms. The first-order valence-electron chi connectivity index (χ1n) is 6.54. The Hall–Kier alpha value is -2.64. The van der Waals surface area contributed by atoms with E-state index >= 15 is 0 Å². The van der Waals surface area contributed by atoms with E-state index in [9.17, 15) is 14.0 Å². The quantitative estimate of drug-likeness (QED) is 0.476. The number of carbonyl (C=O) groups is 2. The summed E-state index contributed by atoms with van der Waals surface area (Å²) >= 11 is 0. The van der Waals surface area contributed by atoms with E-state index in [0.29, 0.717) is 5.69 Å². The van der Waals surface area contributed by atoms with E-state index in [1.54, 1.807) is 6.92 Å². The second kappa shape index (κ2) is 8.60. The number of nitrogens with one attached hydrogen (secondary N) is 2. The van der Waals surface area contributed by atoms with E-state index in [2.05, 4.69) is 20.6 Å². The summed E-state index contributed by atoms with van der Waals surface area (Å²) in [5, 5.41) is 6.64. The molecule has 1 rings (SSSR count). The molecule has 2 N–H and O–H groups in total. The van der Waals surface area contributed by atoms with Crippen LogP contribution < -0.4 is 10.7 Å². The lowest BCUT2D eigenvalue weighted by molar-refractivity contribution is -0.142. The number of anilines is 1. The number of ether oxygens (including phenoxy) is 2. The predicted octanol–water partition coefficient (Wildman–Crippen LogP) is 1.90. The van der Waals surface area contributed by atoms with E-state index in [1.165, 1.54) is 38.3 Å². The van der Waals surface area contributed by atoms with Crippen LogP contribution in [-0.2, 0) is 14.3 Å². The monoisotopic (exact) mass is 311 g/mol. The highest BCUT2D eigenvalue weighted by Gasteiger charge is 2.23. The summed E-state index contributed by atoms with van der Waals surface area (Å²) in [7, 11) is 1.19. The SMILES string of the molecule is CCOC(=O)C(Nc1ccc(F)cc1)/C(C)=N/NC(=O)OC. The number of hydrogen-bond donors (Lipinski definition) is 2. The van der Waals surface area contributed by atoms with E-state index in [0.717, 1.165) is 0 Å². The van der Waals surface area contributed by atoms with Crippen molar-refractivity contribution in [3.63, 3.8) is 0 Å². The zero-order chi connectivity index (χ0) is 16.5. The van der Waals surface area contributed by atoms with E-state index in [-0.39, 0.29) is 12.3 Å². The highest BCUT2D eigenvalue weighted by molar-refractivity contribution is 6.07. The molecule has 0 aliphatic carbocycles. The van der Waals surface area contributed by atoms with Crippen LogP contribution in [0.1, 0.15) is 13.8 Å². The summed E-state index contributed by atoms with van der Waals surface area (Å²) in [5.41, 5.74) is 2.89. The number of benzene rings is 1. The van der Waals surface area contributed by atoms with E-state index in [4.69, 9.17) is 4.74 Å². The van der Waals surface area contributed by atoms with Crippen molar-refractivity contribution in [3.8, 4) is 0 Å². The summed E-state index contributed by atoms with van der Waals surface area (Å²) < 4.78 is 22.2. The number of nitrogens with zero attached hydrogens (tertiary/aromatic N) is 1. The van der Waals surface area contributed by atoms with Crippen LogP contribution in [0.25, 0.3) is 0 Å². The number of hydrazone groups is 1. The number of amides is 1. The lowest BCUT2D eigenvalue weighted by Gasteiger charge is -2.18. The second-order valence-corrected chi connectivity index (χ2v) is 4.19. The van der Waals surface area contributed by atoms with Crippen LogP contribution >= 0.6 is 0 Å². The highest BCUT2D eigenvalue weighted by Crippen LogP contribution is 2.11. The van der Waals surface area contributed by atoms with Crippen LogP contribution in [0.15, 0.2) is 29.4 Å². The molecular weight excluding hydrogens is 293 g/mol. The Bertz CT molecular complexity index is 546. The molecule has 120 valence electrons. The van der Waals surface area contributed by atoms with Crippen molar-refractivity contribution in [2.24, 2.45) is 5.10 Å². The Morgan fingerprint density at radius 2 is 1.95 bits per heavy atom. The zero-order valence-electron chi connectivity index (χ0n) is 12.6. The first kappa shape index (κ1) is 17.4. The molecular formula is C14H18FN3O4. The van der Waals surface area contributed by atoms with Gasteiger partial charge in [0.05, 0.1) is 19.4 Å². The minimum atomic E-state index is -0.928. The molecule has 0 radical (unpaired) electrons. The lowest BCUT2D eigenvalue weighted by Crippen LogP contribution is -2.39. The molecule has 1 aromatic rings. The number of methoxy groups -OCH3 is 1. The molecule has 0 aromatic heterocycles. The maximum Gasteiger partial charge on any atom is 0.427 e. The molecule has 0 saturated carbocycles. The normalized spacial score (nSPS) is 12.3. The van der Waals surface area contributed by atoms with Gasteiger partial charge in [-0.15, -0.1) is 0 Å². The van der Waals surface area contributed by atoms with Gasteiger partial charge in [0.15, 0.2) is 6.04 Å². The Morgan fingerprint density at radius 1 is 1.32 bits per heavy atom. The van der Waals surface area contributed by atoms with Gasteiger partial charge in [0.2, 0.25) is 0 Å². The standard InChI is InChI=1S/C14H18FN3O4/c1-4-22-13(19)12(9(2)17-18-14(20)21-3)16-11-7-5-10(15)6-8-11/h5-8,12,16H,4H2,1-3H3,(H,18,20)/b17-9+. The first-order valence-corrected chi connectivity index (χ1v) is 6.54. The largest absolute Gasteiger partial charge is 0.464 e. The van der Waals surface area contributed by atoms with Crippen molar-refractivity contribution in [2.75, 3.05) is 19.0 Å². The van der Waals surface area contributed by atoms with E-state index in [1.807, 2.05) is 0 Å². The maximum absolute atomic E-state index is 12.9. The molecule has 0 aliphatic heterocycles. The molecule has 0 heterocycles. The number of esters is 1. The lowest BCUT2D eigenvalue weighted by atomic mass is 10.2. The summed E-state index contributed by atoms with van der Waals surface area (Å²) in [4.78, 5) is 23.0. The fraction of sp³-hybridized carbons (Fsp3) is 0.357. The van der Waals surface area contributed by atoms with Crippen LogP contribution in [0, 0.1) is 5.82 Å². The summed E-state index contributed by atoms with van der Waals surface area (Å²) in [6, 6.07) is 4.53. The smallest absolute Gasteiger partial charge is 0.427 e. The molecule has 0 aliphatic rings. The zero-order valence-corrected chi connectivity index (χ0v) is 12.6. The first-order chi connectivity index (χ1) is 10.5. The third-order valence-electron chi connectivity index (χ3n) is 2.60. The van der Waals surface area contributed by atoms with Gasteiger partial charge in [-0.2, -0.15) is 5.10 Å². The average molecular weight is 311 g/mol. The molecule has 8 heteroatoms. The van der Waals surface area contributed by atoms with Gasteiger partial charge in [-0.1, -0.05) is 0 Å². The third-order valence-corrected chi connectivity index (χ3v) is 2.60. The van der Waals surface area contributed by atoms with Crippen LogP contribution in [0.5, 0.6) is 0 Å². The van der Waals surface area contributed by atoms with Crippen molar-refractivity contribution in [1.82, 2.24) is 5.43 Å². The Kier molecular flexibility index (Phi) is 6.81. The molecule has 0 spiro atoms. The number of carbonyl (C=O) groups excluding carboxylic acids is 2. The number of halogens is 1.